The predicted molar refractivity (Wildman–Crippen MR) is 73.6 cm³/mol. The Morgan fingerprint density at radius 3 is 2.89 bits per heavy atom. The molecule has 1 atom stereocenters. The largest absolute Gasteiger partial charge is 0.389 e. The Bertz CT molecular complexity index is 515. The summed E-state index contributed by atoms with van der Waals surface area (Å²) in [5, 5.41) is 5.51. The van der Waals surface area contributed by atoms with E-state index in [0.717, 1.165) is 6.42 Å². The number of hydrogen-bond acceptors (Lipinski definition) is 4. The molecule has 0 aliphatic carbocycles. The van der Waals surface area contributed by atoms with E-state index in [2.05, 4.69) is 15.6 Å². The van der Waals surface area contributed by atoms with Crippen LogP contribution in [-0.4, -0.2) is 34.4 Å². The normalized spacial score (nSPS) is 17.9. The predicted octanol–water partition coefficient (Wildman–Crippen LogP) is -0.276. The molecule has 7 heteroatoms. The van der Waals surface area contributed by atoms with Crippen LogP contribution < -0.4 is 16.4 Å². The van der Waals surface area contributed by atoms with Gasteiger partial charge in [-0.15, -0.1) is 0 Å². The first kappa shape index (κ1) is 13.4. The maximum absolute atomic E-state index is 11.8. The average molecular weight is 278 g/mol. The van der Waals surface area contributed by atoms with Crippen molar-refractivity contribution in [1.82, 2.24) is 15.6 Å². The molecule has 0 radical (unpaired) electrons. The molecule has 1 saturated heterocycles. The SMILES string of the molecule is NC(=S)c1ccc(C(=O)NCC2CCC(=O)N2)nc1. The standard InChI is InChI=1S/C12H14N4O2S/c13-11(19)7-1-3-9(14-5-7)12(18)15-6-8-2-4-10(17)16-8/h1,3,5,8H,2,4,6H2,(H2,13,19)(H,15,18)(H,16,17). The first-order chi connectivity index (χ1) is 9.06. The van der Waals surface area contributed by atoms with Crippen molar-refractivity contribution in [2.45, 2.75) is 18.9 Å². The van der Waals surface area contributed by atoms with E-state index >= 15 is 0 Å². The number of carbonyl (C=O) groups excluding carboxylic acids is 2. The molecule has 6 nitrogen and oxygen atoms in total. The molecule has 2 amide bonds. The molecule has 1 aliphatic heterocycles. The lowest BCUT2D eigenvalue weighted by Crippen LogP contribution is -2.38. The minimum Gasteiger partial charge on any atom is -0.389 e. The van der Waals surface area contributed by atoms with Crippen LogP contribution in [-0.2, 0) is 4.79 Å². The van der Waals surface area contributed by atoms with E-state index in [0.29, 0.717) is 24.2 Å². The number of nitrogens with one attached hydrogen (secondary N) is 2. The van der Waals surface area contributed by atoms with Crippen LogP contribution in [0, 0.1) is 0 Å². The van der Waals surface area contributed by atoms with E-state index in [9.17, 15) is 9.59 Å². The smallest absolute Gasteiger partial charge is 0.269 e. The number of carbonyl (C=O) groups is 2. The number of pyridine rings is 1. The van der Waals surface area contributed by atoms with Crippen LogP contribution in [0.4, 0.5) is 0 Å². The van der Waals surface area contributed by atoms with Crippen molar-refractivity contribution < 1.29 is 9.59 Å². The second-order valence-corrected chi connectivity index (χ2v) is 4.75. The van der Waals surface area contributed by atoms with E-state index in [1.165, 1.54) is 6.20 Å². The number of amides is 2. The molecule has 0 aromatic carbocycles. The fraction of sp³-hybridized carbons (Fsp3) is 0.333. The third-order valence-corrected chi connectivity index (χ3v) is 3.11. The van der Waals surface area contributed by atoms with Crippen molar-refractivity contribution in [1.29, 1.82) is 0 Å². The molecule has 1 fully saturated rings. The van der Waals surface area contributed by atoms with Gasteiger partial charge < -0.3 is 16.4 Å². The summed E-state index contributed by atoms with van der Waals surface area (Å²) in [6.45, 7) is 0.406. The molecule has 100 valence electrons. The van der Waals surface area contributed by atoms with Crippen LogP contribution in [0.2, 0.25) is 0 Å². The Kier molecular flexibility index (Phi) is 4.06. The molecule has 1 unspecified atom stereocenters. The molecule has 2 heterocycles. The summed E-state index contributed by atoms with van der Waals surface area (Å²) in [6.07, 6.45) is 2.73. The van der Waals surface area contributed by atoms with Crippen LogP contribution in [0.3, 0.4) is 0 Å². The minimum absolute atomic E-state index is 0.00680. The van der Waals surface area contributed by atoms with Crippen LogP contribution in [0.25, 0.3) is 0 Å². The van der Waals surface area contributed by atoms with Gasteiger partial charge in [-0.1, -0.05) is 12.2 Å². The van der Waals surface area contributed by atoms with Gasteiger partial charge >= 0.3 is 0 Å². The second kappa shape index (κ2) is 5.75. The molecule has 0 spiro atoms. The van der Waals surface area contributed by atoms with Crippen molar-refractivity contribution in [2.24, 2.45) is 5.73 Å². The van der Waals surface area contributed by atoms with Crippen molar-refractivity contribution in [3.05, 3.63) is 29.6 Å². The number of rotatable bonds is 4. The second-order valence-electron chi connectivity index (χ2n) is 4.31. The van der Waals surface area contributed by atoms with Gasteiger partial charge in [0.05, 0.1) is 0 Å². The summed E-state index contributed by atoms with van der Waals surface area (Å²) < 4.78 is 0. The number of aromatic nitrogens is 1. The minimum atomic E-state index is -0.282. The Hall–Kier alpha value is -2.02. The van der Waals surface area contributed by atoms with Gasteiger partial charge in [0.25, 0.3) is 5.91 Å². The van der Waals surface area contributed by atoms with Crippen molar-refractivity contribution in [3.63, 3.8) is 0 Å². The monoisotopic (exact) mass is 278 g/mol. The Labute approximate surface area is 115 Å². The van der Waals surface area contributed by atoms with E-state index in [1.807, 2.05) is 0 Å². The van der Waals surface area contributed by atoms with E-state index < -0.39 is 0 Å². The zero-order chi connectivity index (χ0) is 13.8. The molecule has 0 saturated carbocycles. The number of nitrogens with zero attached hydrogens (tertiary/aromatic N) is 1. The van der Waals surface area contributed by atoms with Crippen LogP contribution in [0.1, 0.15) is 28.9 Å². The van der Waals surface area contributed by atoms with Gasteiger partial charge in [-0.2, -0.15) is 0 Å². The molecule has 4 N–H and O–H groups in total. The van der Waals surface area contributed by atoms with Gasteiger partial charge in [-0.05, 0) is 18.6 Å². The third kappa shape index (κ3) is 3.47. The number of nitrogens with two attached hydrogens (primary N) is 1. The highest BCUT2D eigenvalue weighted by Gasteiger charge is 2.21. The molecule has 0 bridgehead atoms. The Balaban J connectivity index is 1.89. The van der Waals surface area contributed by atoms with Crippen molar-refractivity contribution in [3.8, 4) is 0 Å². The van der Waals surface area contributed by atoms with E-state index in [1.54, 1.807) is 12.1 Å². The maximum Gasteiger partial charge on any atom is 0.269 e. The summed E-state index contributed by atoms with van der Waals surface area (Å²) in [5.41, 5.74) is 6.36. The van der Waals surface area contributed by atoms with Crippen molar-refractivity contribution >= 4 is 29.0 Å². The summed E-state index contributed by atoms with van der Waals surface area (Å²) in [7, 11) is 0. The van der Waals surface area contributed by atoms with E-state index in [-0.39, 0.29) is 22.8 Å². The molecule has 1 aliphatic rings. The molecule has 19 heavy (non-hydrogen) atoms. The summed E-state index contributed by atoms with van der Waals surface area (Å²) in [6, 6.07) is 3.23. The Morgan fingerprint density at radius 2 is 2.37 bits per heavy atom. The highest BCUT2D eigenvalue weighted by Crippen LogP contribution is 2.05. The highest BCUT2D eigenvalue weighted by molar-refractivity contribution is 7.80. The van der Waals surface area contributed by atoms with Crippen LogP contribution in [0.5, 0.6) is 0 Å². The third-order valence-electron chi connectivity index (χ3n) is 2.87. The fourth-order valence-electron chi connectivity index (χ4n) is 1.81. The summed E-state index contributed by atoms with van der Waals surface area (Å²) >= 11 is 4.80. The summed E-state index contributed by atoms with van der Waals surface area (Å²) in [4.78, 5) is 27.1. The lowest BCUT2D eigenvalue weighted by molar-refractivity contribution is -0.119. The van der Waals surface area contributed by atoms with Crippen LogP contribution >= 0.6 is 12.2 Å². The molecular formula is C12H14N4O2S. The Morgan fingerprint density at radius 1 is 1.58 bits per heavy atom. The van der Waals surface area contributed by atoms with Gasteiger partial charge in [0, 0.05) is 30.8 Å². The first-order valence-corrected chi connectivity index (χ1v) is 6.30. The molecule has 1 aromatic heterocycles. The van der Waals surface area contributed by atoms with Gasteiger partial charge in [0.1, 0.15) is 10.7 Å². The van der Waals surface area contributed by atoms with E-state index in [4.69, 9.17) is 18.0 Å². The number of thiocarbonyl (C=S) groups is 1. The topological polar surface area (TPSA) is 97.1 Å². The lowest BCUT2D eigenvalue weighted by Gasteiger charge is -2.11. The molecule has 1 aromatic rings. The van der Waals surface area contributed by atoms with Gasteiger partial charge in [-0.3, -0.25) is 14.6 Å². The molecule has 2 rings (SSSR count). The average Bonchev–Trinajstić information content (AvgIpc) is 2.82. The molecular weight excluding hydrogens is 264 g/mol. The summed E-state index contributed by atoms with van der Waals surface area (Å²) in [5.74, 6) is -0.256. The van der Waals surface area contributed by atoms with Gasteiger partial charge in [0.15, 0.2) is 0 Å². The zero-order valence-corrected chi connectivity index (χ0v) is 11.0. The van der Waals surface area contributed by atoms with Crippen LogP contribution in [0.15, 0.2) is 18.3 Å². The maximum atomic E-state index is 11.8. The zero-order valence-electron chi connectivity index (χ0n) is 10.2. The van der Waals surface area contributed by atoms with Gasteiger partial charge in [0.2, 0.25) is 5.91 Å². The lowest BCUT2D eigenvalue weighted by atomic mass is 10.2. The quantitative estimate of drug-likeness (QED) is 0.658. The first-order valence-electron chi connectivity index (χ1n) is 5.89. The van der Waals surface area contributed by atoms with Crippen molar-refractivity contribution in [2.75, 3.05) is 6.54 Å². The highest BCUT2D eigenvalue weighted by atomic mass is 32.1. The number of hydrogen-bond donors (Lipinski definition) is 3. The fourth-order valence-corrected chi connectivity index (χ4v) is 1.93. The van der Waals surface area contributed by atoms with Gasteiger partial charge in [-0.25, -0.2) is 0 Å².